The third-order valence-corrected chi connectivity index (χ3v) is 5.83. The molecular weight excluding hydrogens is 262 g/mol. The van der Waals surface area contributed by atoms with Crippen molar-refractivity contribution >= 4 is 10.2 Å². The maximum Gasteiger partial charge on any atom is 0.279 e. The molecule has 2 heterocycles. The van der Waals surface area contributed by atoms with E-state index < -0.39 is 10.2 Å². The summed E-state index contributed by atoms with van der Waals surface area (Å²) < 4.78 is 29.1. The summed E-state index contributed by atoms with van der Waals surface area (Å²) in [5.74, 6) is 0. The number of rotatable bonds is 4. The second-order valence-corrected chi connectivity index (χ2v) is 7.99. The van der Waals surface area contributed by atoms with E-state index >= 15 is 0 Å². The summed E-state index contributed by atoms with van der Waals surface area (Å²) in [7, 11) is -3.29. The van der Waals surface area contributed by atoms with Crippen molar-refractivity contribution in [3.05, 3.63) is 0 Å². The Hall–Kier alpha value is -0.170. The van der Waals surface area contributed by atoms with Crippen LogP contribution in [0.5, 0.6) is 0 Å². The van der Waals surface area contributed by atoms with E-state index in [-0.39, 0.29) is 5.41 Å². The minimum atomic E-state index is -3.29. The molecule has 2 aliphatic rings. The van der Waals surface area contributed by atoms with Crippen molar-refractivity contribution in [2.75, 3.05) is 32.7 Å². The molecule has 0 spiro atoms. The molecule has 1 atom stereocenters. The third kappa shape index (κ3) is 4.41. The van der Waals surface area contributed by atoms with Crippen molar-refractivity contribution in [1.82, 2.24) is 14.3 Å². The Morgan fingerprint density at radius 2 is 1.84 bits per heavy atom. The molecule has 2 saturated heterocycles. The number of hydrogen-bond acceptors (Lipinski definition) is 3. The van der Waals surface area contributed by atoms with Crippen LogP contribution in [0, 0.1) is 5.41 Å². The van der Waals surface area contributed by atoms with Gasteiger partial charge in [0.25, 0.3) is 10.2 Å². The highest BCUT2D eigenvalue weighted by atomic mass is 32.2. The predicted octanol–water partition coefficient (Wildman–Crippen LogP) is 1.09. The summed E-state index contributed by atoms with van der Waals surface area (Å²) in [4.78, 5) is 0. The zero-order valence-corrected chi connectivity index (χ0v) is 12.8. The van der Waals surface area contributed by atoms with Crippen molar-refractivity contribution < 1.29 is 8.42 Å². The van der Waals surface area contributed by atoms with Gasteiger partial charge in [0.2, 0.25) is 0 Å². The number of piperidine rings is 1. The molecule has 2 rings (SSSR count). The van der Waals surface area contributed by atoms with Crippen LogP contribution in [-0.2, 0) is 10.2 Å². The van der Waals surface area contributed by atoms with Crippen molar-refractivity contribution in [3.8, 4) is 0 Å². The molecule has 2 fully saturated rings. The van der Waals surface area contributed by atoms with Crippen LogP contribution in [0.1, 0.15) is 45.4 Å². The molecule has 5 nitrogen and oxygen atoms in total. The van der Waals surface area contributed by atoms with Crippen molar-refractivity contribution in [3.63, 3.8) is 0 Å². The maximum atomic E-state index is 12.3. The highest BCUT2D eigenvalue weighted by Gasteiger charge is 2.30. The Morgan fingerprint density at radius 1 is 1.16 bits per heavy atom. The van der Waals surface area contributed by atoms with Gasteiger partial charge in [-0.25, -0.2) is 4.72 Å². The molecule has 0 aromatic carbocycles. The first kappa shape index (κ1) is 15.2. The number of nitrogens with zero attached hydrogens (tertiary/aromatic N) is 1. The molecule has 0 aromatic rings. The Labute approximate surface area is 117 Å². The fourth-order valence-electron chi connectivity index (χ4n) is 2.91. The largest absolute Gasteiger partial charge is 0.316 e. The first-order chi connectivity index (χ1) is 9.02. The maximum absolute atomic E-state index is 12.3. The van der Waals surface area contributed by atoms with Gasteiger partial charge in [-0.2, -0.15) is 12.7 Å². The Kier molecular flexibility index (Phi) is 5.22. The average molecular weight is 289 g/mol. The van der Waals surface area contributed by atoms with Gasteiger partial charge in [-0.3, -0.25) is 0 Å². The van der Waals surface area contributed by atoms with Gasteiger partial charge in [-0.05, 0) is 37.6 Å². The second kappa shape index (κ2) is 6.52. The lowest BCUT2D eigenvalue weighted by molar-refractivity contribution is 0.236. The fourth-order valence-corrected chi connectivity index (χ4v) is 4.36. The van der Waals surface area contributed by atoms with Crippen LogP contribution >= 0.6 is 0 Å². The molecule has 2 aliphatic heterocycles. The Morgan fingerprint density at radius 3 is 2.42 bits per heavy atom. The van der Waals surface area contributed by atoms with Crippen molar-refractivity contribution in [2.45, 2.75) is 45.4 Å². The van der Waals surface area contributed by atoms with E-state index in [0.29, 0.717) is 19.6 Å². The van der Waals surface area contributed by atoms with Gasteiger partial charge in [0.15, 0.2) is 0 Å². The van der Waals surface area contributed by atoms with E-state index in [1.54, 1.807) is 4.31 Å². The summed E-state index contributed by atoms with van der Waals surface area (Å²) >= 11 is 0. The van der Waals surface area contributed by atoms with E-state index in [2.05, 4.69) is 17.0 Å². The van der Waals surface area contributed by atoms with Gasteiger partial charge in [-0.15, -0.1) is 0 Å². The molecule has 0 radical (unpaired) electrons. The summed E-state index contributed by atoms with van der Waals surface area (Å²) in [6, 6.07) is 0. The van der Waals surface area contributed by atoms with Crippen LogP contribution in [0.3, 0.4) is 0 Å². The van der Waals surface area contributed by atoms with E-state index in [0.717, 1.165) is 51.6 Å². The molecule has 19 heavy (non-hydrogen) atoms. The van der Waals surface area contributed by atoms with Crippen LogP contribution in [0.4, 0.5) is 0 Å². The van der Waals surface area contributed by atoms with Crippen LogP contribution in [0.15, 0.2) is 0 Å². The predicted molar refractivity (Wildman–Crippen MR) is 77.2 cm³/mol. The first-order valence-electron chi connectivity index (χ1n) is 7.47. The smallest absolute Gasteiger partial charge is 0.279 e. The molecule has 0 aliphatic carbocycles. The Balaban J connectivity index is 1.89. The van der Waals surface area contributed by atoms with Gasteiger partial charge < -0.3 is 5.32 Å². The van der Waals surface area contributed by atoms with Gasteiger partial charge >= 0.3 is 0 Å². The molecule has 2 N–H and O–H groups in total. The molecule has 6 heteroatoms. The topological polar surface area (TPSA) is 61.4 Å². The minimum Gasteiger partial charge on any atom is -0.316 e. The molecule has 112 valence electrons. The van der Waals surface area contributed by atoms with Gasteiger partial charge in [0, 0.05) is 26.2 Å². The summed E-state index contributed by atoms with van der Waals surface area (Å²) in [6.07, 6.45) is 6.48. The van der Waals surface area contributed by atoms with Crippen LogP contribution in [0.25, 0.3) is 0 Å². The van der Waals surface area contributed by atoms with Crippen molar-refractivity contribution in [2.24, 2.45) is 5.41 Å². The van der Waals surface area contributed by atoms with Crippen molar-refractivity contribution in [1.29, 1.82) is 0 Å². The molecule has 0 saturated carbocycles. The van der Waals surface area contributed by atoms with Gasteiger partial charge in [0.05, 0.1) is 0 Å². The summed E-state index contributed by atoms with van der Waals surface area (Å²) in [5.41, 5.74) is 0.0527. The zero-order chi connectivity index (χ0) is 13.8. The fraction of sp³-hybridized carbons (Fsp3) is 1.00. The van der Waals surface area contributed by atoms with Gasteiger partial charge in [-0.1, -0.05) is 19.8 Å². The van der Waals surface area contributed by atoms with Crippen LogP contribution in [-0.4, -0.2) is 45.4 Å². The molecular formula is C13H27N3O2S. The molecule has 1 unspecified atom stereocenters. The monoisotopic (exact) mass is 289 g/mol. The summed E-state index contributed by atoms with van der Waals surface area (Å²) in [6.45, 7) is 5.99. The highest BCUT2D eigenvalue weighted by Crippen LogP contribution is 2.24. The molecule has 0 bridgehead atoms. The Bertz CT molecular complexity index is 369. The quantitative estimate of drug-likeness (QED) is 0.814. The normalized spacial score (nSPS) is 31.0. The van der Waals surface area contributed by atoms with Crippen LogP contribution in [0.2, 0.25) is 0 Å². The SMILES string of the molecule is CC1(CNS(=O)(=O)N2CCCCCC2)CCCNC1. The van der Waals surface area contributed by atoms with E-state index in [9.17, 15) is 8.42 Å². The molecule has 0 aromatic heterocycles. The summed E-state index contributed by atoms with van der Waals surface area (Å²) in [5, 5.41) is 3.35. The average Bonchev–Trinajstić information content (AvgIpc) is 2.67. The lowest BCUT2D eigenvalue weighted by atomic mass is 9.83. The highest BCUT2D eigenvalue weighted by molar-refractivity contribution is 7.87. The standard InChI is InChI=1S/C13H27N3O2S/c1-13(7-6-8-14-11-13)12-15-19(17,18)16-9-4-2-3-5-10-16/h14-15H,2-12H2,1H3. The third-order valence-electron chi connectivity index (χ3n) is 4.27. The number of nitrogens with one attached hydrogen (secondary N) is 2. The van der Waals surface area contributed by atoms with Crippen LogP contribution < -0.4 is 10.0 Å². The van der Waals surface area contributed by atoms with E-state index in [4.69, 9.17) is 0 Å². The van der Waals surface area contributed by atoms with Gasteiger partial charge in [0.1, 0.15) is 0 Å². The minimum absolute atomic E-state index is 0.0527. The number of hydrogen-bond donors (Lipinski definition) is 2. The first-order valence-corrected chi connectivity index (χ1v) is 8.91. The second-order valence-electron chi connectivity index (χ2n) is 6.23. The lowest BCUT2D eigenvalue weighted by Gasteiger charge is -2.34. The van der Waals surface area contributed by atoms with E-state index in [1.165, 1.54) is 0 Å². The molecule has 0 amide bonds. The lowest BCUT2D eigenvalue weighted by Crippen LogP contribution is -2.49. The van der Waals surface area contributed by atoms with E-state index in [1.807, 2.05) is 0 Å². The zero-order valence-electron chi connectivity index (χ0n) is 12.0.